The van der Waals surface area contributed by atoms with Crippen LogP contribution >= 0.6 is 35.6 Å². The Hall–Kier alpha value is -2.35. The zero-order valence-electron chi connectivity index (χ0n) is 14.2. The SMILES string of the molecule is CCOc1cc(/C=C2\SC(=S)NC2=O)ccc1OC(=O)c1ccc(Cl)cc1. The van der Waals surface area contributed by atoms with Gasteiger partial charge in [0.05, 0.1) is 17.1 Å². The quantitative estimate of drug-likeness (QED) is 0.334. The highest BCUT2D eigenvalue weighted by atomic mass is 35.5. The Labute approximate surface area is 170 Å². The smallest absolute Gasteiger partial charge is 0.343 e. The van der Waals surface area contributed by atoms with Gasteiger partial charge in [0.25, 0.3) is 5.91 Å². The van der Waals surface area contributed by atoms with Crippen LogP contribution in [0.25, 0.3) is 6.08 Å². The Morgan fingerprint density at radius 2 is 1.96 bits per heavy atom. The van der Waals surface area contributed by atoms with E-state index in [1.807, 2.05) is 6.92 Å². The second kappa shape index (κ2) is 8.56. The molecule has 3 rings (SSSR count). The lowest BCUT2D eigenvalue weighted by Gasteiger charge is -2.11. The van der Waals surface area contributed by atoms with E-state index in [1.54, 1.807) is 48.5 Å². The molecule has 1 saturated heterocycles. The van der Waals surface area contributed by atoms with Crippen molar-refractivity contribution < 1.29 is 19.1 Å². The number of ether oxygens (including phenoxy) is 2. The zero-order valence-corrected chi connectivity index (χ0v) is 16.5. The topological polar surface area (TPSA) is 64.6 Å². The number of nitrogens with one attached hydrogen (secondary N) is 1. The minimum absolute atomic E-state index is 0.235. The summed E-state index contributed by atoms with van der Waals surface area (Å²) in [6, 6.07) is 11.5. The molecule has 0 bridgehead atoms. The van der Waals surface area contributed by atoms with Crippen LogP contribution in [0.5, 0.6) is 11.5 Å². The van der Waals surface area contributed by atoms with Crippen LogP contribution in [-0.2, 0) is 4.79 Å². The van der Waals surface area contributed by atoms with Crippen molar-refractivity contribution in [1.29, 1.82) is 0 Å². The molecule has 0 saturated carbocycles. The van der Waals surface area contributed by atoms with Crippen molar-refractivity contribution in [2.75, 3.05) is 6.61 Å². The Balaban J connectivity index is 1.84. The van der Waals surface area contributed by atoms with Crippen molar-refractivity contribution in [3.05, 3.63) is 63.5 Å². The molecular weight excluding hydrogens is 406 g/mol. The van der Waals surface area contributed by atoms with Crippen LogP contribution in [0.4, 0.5) is 0 Å². The molecule has 2 aromatic carbocycles. The van der Waals surface area contributed by atoms with Crippen molar-refractivity contribution in [3.8, 4) is 11.5 Å². The Kier molecular flexibility index (Phi) is 6.15. The number of thioether (sulfide) groups is 1. The monoisotopic (exact) mass is 419 g/mol. The zero-order chi connectivity index (χ0) is 19.4. The number of carbonyl (C=O) groups excluding carboxylic acids is 2. The van der Waals surface area contributed by atoms with Gasteiger partial charge in [0.1, 0.15) is 4.32 Å². The van der Waals surface area contributed by atoms with Gasteiger partial charge in [0.15, 0.2) is 11.5 Å². The average molecular weight is 420 g/mol. The Morgan fingerprint density at radius 3 is 2.59 bits per heavy atom. The van der Waals surface area contributed by atoms with Gasteiger partial charge >= 0.3 is 5.97 Å². The number of halogens is 1. The largest absolute Gasteiger partial charge is 0.490 e. The van der Waals surface area contributed by atoms with E-state index >= 15 is 0 Å². The van der Waals surface area contributed by atoms with Crippen LogP contribution in [0.15, 0.2) is 47.4 Å². The molecule has 0 spiro atoms. The number of hydrogen-bond donors (Lipinski definition) is 1. The molecule has 138 valence electrons. The maximum Gasteiger partial charge on any atom is 0.343 e. The number of esters is 1. The van der Waals surface area contributed by atoms with Crippen LogP contribution in [0, 0.1) is 0 Å². The van der Waals surface area contributed by atoms with Gasteiger partial charge in [-0.3, -0.25) is 4.79 Å². The van der Waals surface area contributed by atoms with E-state index in [4.69, 9.17) is 33.3 Å². The summed E-state index contributed by atoms with van der Waals surface area (Å²) in [6.45, 7) is 2.22. The molecule has 1 fully saturated rings. The van der Waals surface area contributed by atoms with Gasteiger partial charge < -0.3 is 14.8 Å². The van der Waals surface area contributed by atoms with Crippen LogP contribution in [0.1, 0.15) is 22.8 Å². The molecule has 2 aromatic rings. The molecule has 0 aromatic heterocycles. The number of rotatable bonds is 5. The molecule has 1 heterocycles. The lowest BCUT2D eigenvalue weighted by molar-refractivity contribution is -0.115. The summed E-state index contributed by atoms with van der Waals surface area (Å²) < 4.78 is 11.5. The van der Waals surface area contributed by atoms with E-state index in [-0.39, 0.29) is 11.7 Å². The van der Waals surface area contributed by atoms with Crippen LogP contribution < -0.4 is 14.8 Å². The minimum Gasteiger partial charge on any atom is -0.490 e. The second-order valence-corrected chi connectivity index (χ2v) is 7.54. The van der Waals surface area contributed by atoms with Gasteiger partial charge in [0, 0.05) is 5.02 Å². The van der Waals surface area contributed by atoms with Crippen LogP contribution in [-0.4, -0.2) is 22.8 Å². The molecule has 1 aliphatic heterocycles. The molecule has 1 N–H and O–H groups in total. The molecule has 1 aliphatic rings. The summed E-state index contributed by atoms with van der Waals surface area (Å²) in [5, 5.41) is 3.10. The highest BCUT2D eigenvalue weighted by Gasteiger charge is 2.22. The van der Waals surface area contributed by atoms with Gasteiger partial charge in [-0.05, 0) is 55.0 Å². The number of benzene rings is 2. The standard InChI is InChI=1S/C19H14ClNO4S2/c1-2-24-15-9-11(10-16-17(22)21-19(26)27-16)3-8-14(15)25-18(23)12-4-6-13(20)7-5-12/h3-10H,2H2,1H3,(H,21,22,26)/b16-10-. The minimum atomic E-state index is -0.519. The van der Waals surface area contributed by atoms with Gasteiger partial charge in [-0.25, -0.2) is 4.79 Å². The summed E-state index contributed by atoms with van der Waals surface area (Å²) in [5.41, 5.74) is 1.10. The van der Waals surface area contributed by atoms with E-state index in [1.165, 1.54) is 11.8 Å². The first-order chi connectivity index (χ1) is 13.0. The first-order valence-electron chi connectivity index (χ1n) is 7.95. The second-order valence-electron chi connectivity index (χ2n) is 5.39. The number of amides is 1. The first-order valence-corrected chi connectivity index (χ1v) is 9.56. The van der Waals surface area contributed by atoms with E-state index in [9.17, 15) is 9.59 Å². The first kappa shape index (κ1) is 19.4. The van der Waals surface area contributed by atoms with Gasteiger partial charge in [-0.2, -0.15) is 0 Å². The van der Waals surface area contributed by atoms with E-state index < -0.39 is 5.97 Å². The highest BCUT2D eigenvalue weighted by molar-refractivity contribution is 8.26. The molecule has 0 unspecified atom stereocenters. The van der Waals surface area contributed by atoms with Crippen molar-refractivity contribution in [2.45, 2.75) is 6.92 Å². The fraction of sp³-hybridized carbons (Fsp3) is 0.105. The predicted molar refractivity (Wildman–Crippen MR) is 110 cm³/mol. The van der Waals surface area contributed by atoms with Crippen molar-refractivity contribution in [3.63, 3.8) is 0 Å². The van der Waals surface area contributed by atoms with Gasteiger partial charge in [-0.15, -0.1) is 0 Å². The van der Waals surface area contributed by atoms with E-state index in [2.05, 4.69) is 5.32 Å². The molecule has 8 heteroatoms. The lowest BCUT2D eigenvalue weighted by atomic mass is 10.1. The molecule has 0 atom stereocenters. The van der Waals surface area contributed by atoms with Crippen molar-refractivity contribution in [2.24, 2.45) is 0 Å². The number of hydrogen-bond acceptors (Lipinski definition) is 6. The third-order valence-corrected chi connectivity index (χ3v) is 4.90. The summed E-state index contributed by atoms with van der Waals surface area (Å²) in [5.74, 6) is -0.0610. The van der Waals surface area contributed by atoms with E-state index in [0.717, 1.165) is 5.56 Å². The fourth-order valence-corrected chi connectivity index (χ4v) is 3.45. The van der Waals surface area contributed by atoms with Crippen LogP contribution in [0.3, 0.4) is 0 Å². The van der Waals surface area contributed by atoms with Gasteiger partial charge in [-0.1, -0.05) is 41.6 Å². The highest BCUT2D eigenvalue weighted by Crippen LogP contribution is 2.32. The fourth-order valence-electron chi connectivity index (χ4n) is 2.28. The average Bonchev–Trinajstić information content (AvgIpc) is 2.95. The van der Waals surface area contributed by atoms with Gasteiger partial charge in [0.2, 0.25) is 0 Å². The Bertz CT molecular complexity index is 941. The predicted octanol–water partition coefficient (Wildman–Crippen LogP) is 4.45. The third kappa shape index (κ3) is 4.88. The summed E-state index contributed by atoms with van der Waals surface area (Å²) >= 11 is 12.0. The maximum atomic E-state index is 12.3. The summed E-state index contributed by atoms with van der Waals surface area (Å²) in [6.07, 6.45) is 1.70. The maximum absolute atomic E-state index is 12.3. The summed E-state index contributed by atoms with van der Waals surface area (Å²) in [7, 11) is 0. The van der Waals surface area contributed by atoms with Crippen molar-refractivity contribution >= 4 is 57.9 Å². The molecule has 5 nitrogen and oxygen atoms in total. The Morgan fingerprint density at radius 1 is 1.22 bits per heavy atom. The normalized spacial score (nSPS) is 15.0. The van der Waals surface area contributed by atoms with E-state index in [0.29, 0.717) is 32.2 Å². The molecule has 27 heavy (non-hydrogen) atoms. The van der Waals surface area contributed by atoms with Crippen LogP contribution in [0.2, 0.25) is 5.02 Å². The molecule has 0 aliphatic carbocycles. The molecular formula is C19H14ClNO4S2. The summed E-state index contributed by atoms with van der Waals surface area (Å²) in [4.78, 5) is 24.6. The third-order valence-electron chi connectivity index (χ3n) is 3.49. The molecule has 0 radical (unpaired) electrons. The number of carbonyl (C=O) groups is 2. The molecule has 1 amide bonds. The number of thiocarbonyl (C=S) groups is 1. The van der Waals surface area contributed by atoms with Crippen molar-refractivity contribution in [1.82, 2.24) is 5.32 Å². The lowest BCUT2D eigenvalue weighted by Crippen LogP contribution is -2.17.